The summed E-state index contributed by atoms with van der Waals surface area (Å²) in [6.45, 7) is 2.21. The summed E-state index contributed by atoms with van der Waals surface area (Å²) >= 11 is 0. The molecule has 0 radical (unpaired) electrons. The Balaban J connectivity index is 1.88. The van der Waals surface area contributed by atoms with Gasteiger partial charge in [0.2, 0.25) is 6.43 Å². The first-order chi connectivity index (χ1) is 8.24. The number of hydrogen-bond acceptors (Lipinski definition) is 1. The van der Waals surface area contributed by atoms with E-state index in [1.807, 2.05) is 24.3 Å². The number of alkyl halides is 2. The van der Waals surface area contributed by atoms with Crippen molar-refractivity contribution >= 4 is 0 Å². The Morgan fingerprint density at radius 3 is 2.47 bits per heavy atom. The van der Waals surface area contributed by atoms with E-state index in [-0.39, 0.29) is 6.42 Å². The van der Waals surface area contributed by atoms with Gasteiger partial charge in [0.05, 0.1) is 0 Å². The number of piperidine rings is 1. The second kappa shape index (κ2) is 6.10. The SMILES string of the molecule is FC(F)Cc1ccc(CC2CCCNC2)cc1. The summed E-state index contributed by atoms with van der Waals surface area (Å²) in [6.07, 6.45) is 1.19. The van der Waals surface area contributed by atoms with Gasteiger partial charge in [0, 0.05) is 6.42 Å². The molecule has 1 heterocycles. The minimum atomic E-state index is -2.25. The zero-order valence-corrected chi connectivity index (χ0v) is 9.96. The summed E-state index contributed by atoms with van der Waals surface area (Å²) in [6, 6.07) is 7.65. The van der Waals surface area contributed by atoms with Crippen LogP contribution >= 0.6 is 0 Å². The van der Waals surface area contributed by atoms with Gasteiger partial charge in [0.1, 0.15) is 0 Å². The molecule has 1 unspecified atom stereocenters. The molecule has 1 N–H and O–H groups in total. The normalized spacial score (nSPS) is 20.8. The molecule has 1 atom stereocenters. The van der Waals surface area contributed by atoms with Crippen molar-refractivity contribution in [3.63, 3.8) is 0 Å². The van der Waals surface area contributed by atoms with E-state index in [1.165, 1.54) is 18.4 Å². The van der Waals surface area contributed by atoms with Gasteiger partial charge >= 0.3 is 0 Å². The van der Waals surface area contributed by atoms with Crippen LogP contribution in [0.3, 0.4) is 0 Å². The molecule has 1 aromatic carbocycles. The number of rotatable bonds is 4. The van der Waals surface area contributed by atoms with Crippen LogP contribution in [0, 0.1) is 5.92 Å². The zero-order chi connectivity index (χ0) is 12.1. The van der Waals surface area contributed by atoms with Crippen LogP contribution in [-0.4, -0.2) is 19.5 Å². The van der Waals surface area contributed by atoms with E-state index in [4.69, 9.17) is 0 Å². The fourth-order valence-electron chi connectivity index (χ4n) is 2.42. The van der Waals surface area contributed by atoms with E-state index in [1.54, 1.807) is 0 Å². The smallest absolute Gasteiger partial charge is 0.242 e. The molecule has 3 heteroatoms. The fourth-order valence-corrected chi connectivity index (χ4v) is 2.42. The van der Waals surface area contributed by atoms with Crippen molar-refractivity contribution in [2.75, 3.05) is 13.1 Å². The van der Waals surface area contributed by atoms with E-state index in [9.17, 15) is 8.78 Å². The van der Waals surface area contributed by atoms with Gasteiger partial charge in [-0.1, -0.05) is 24.3 Å². The largest absolute Gasteiger partial charge is 0.316 e. The molecule has 1 nitrogen and oxygen atoms in total. The van der Waals surface area contributed by atoms with Gasteiger partial charge in [-0.05, 0) is 49.4 Å². The third-order valence-corrected chi connectivity index (χ3v) is 3.34. The predicted molar refractivity (Wildman–Crippen MR) is 65.4 cm³/mol. The second-order valence-corrected chi connectivity index (χ2v) is 4.83. The summed E-state index contributed by atoms with van der Waals surface area (Å²) < 4.78 is 24.4. The lowest BCUT2D eigenvalue weighted by Crippen LogP contribution is -2.30. The second-order valence-electron chi connectivity index (χ2n) is 4.83. The summed E-state index contributed by atoms with van der Waals surface area (Å²) in [7, 11) is 0. The monoisotopic (exact) mass is 239 g/mol. The van der Waals surface area contributed by atoms with Crippen LogP contribution in [0.2, 0.25) is 0 Å². The minimum Gasteiger partial charge on any atom is -0.316 e. The molecule has 1 aliphatic rings. The first-order valence-electron chi connectivity index (χ1n) is 6.31. The third kappa shape index (κ3) is 4.08. The van der Waals surface area contributed by atoms with Gasteiger partial charge in [0.15, 0.2) is 0 Å². The average Bonchev–Trinajstić information content (AvgIpc) is 2.32. The van der Waals surface area contributed by atoms with E-state index in [2.05, 4.69) is 5.32 Å². The van der Waals surface area contributed by atoms with Crippen molar-refractivity contribution in [3.8, 4) is 0 Å². The van der Waals surface area contributed by atoms with Gasteiger partial charge < -0.3 is 5.32 Å². The van der Waals surface area contributed by atoms with Crippen molar-refractivity contribution in [2.24, 2.45) is 5.92 Å². The van der Waals surface area contributed by atoms with Crippen LogP contribution in [0.4, 0.5) is 8.78 Å². The lowest BCUT2D eigenvalue weighted by atomic mass is 9.92. The molecule has 2 rings (SSSR count). The predicted octanol–water partition coefficient (Wildman–Crippen LogP) is 3.04. The van der Waals surface area contributed by atoms with Crippen LogP contribution in [0.1, 0.15) is 24.0 Å². The van der Waals surface area contributed by atoms with Crippen LogP contribution in [-0.2, 0) is 12.8 Å². The van der Waals surface area contributed by atoms with E-state index in [0.717, 1.165) is 25.1 Å². The Morgan fingerprint density at radius 1 is 1.18 bits per heavy atom. The molecule has 0 spiro atoms. The third-order valence-electron chi connectivity index (χ3n) is 3.34. The molecule has 1 aliphatic heterocycles. The van der Waals surface area contributed by atoms with Crippen molar-refractivity contribution in [1.29, 1.82) is 0 Å². The maximum absolute atomic E-state index is 12.2. The quantitative estimate of drug-likeness (QED) is 0.851. The molecular weight excluding hydrogens is 220 g/mol. The molecule has 0 bridgehead atoms. The molecule has 0 aromatic heterocycles. The summed E-state index contributed by atoms with van der Waals surface area (Å²) in [5.74, 6) is 0.699. The van der Waals surface area contributed by atoms with Crippen LogP contribution in [0.15, 0.2) is 24.3 Å². The van der Waals surface area contributed by atoms with Crippen molar-refractivity contribution in [1.82, 2.24) is 5.32 Å². The molecule has 0 saturated carbocycles. The molecule has 1 saturated heterocycles. The van der Waals surface area contributed by atoms with Gasteiger partial charge in [-0.3, -0.25) is 0 Å². The fraction of sp³-hybridized carbons (Fsp3) is 0.571. The Labute approximate surface area is 101 Å². The standard InChI is InChI=1S/C14H19F2N/c15-14(16)9-12-5-3-11(4-6-12)8-13-2-1-7-17-10-13/h3-6,13-14,17H,1-2,7-10H2. The summed E-state index contributed by atoms with van der Waals surface area (Å²) in [5.41, 5.74) is 1.99. The molecule has 17 heavy (non-hydrogen) atoms. The van der Waals surface area contributed by atoms with Crippen LogP contribution < -0.4 is 5.32 Å². The number of halogens is 2. The molecule has 94 valence electrons. The minimum absolute atomic E-state index is 0.134. The topological polar surface area (TPSA) is 12.0 Å². The summed E-state index contributed by atoms with van der Waals surface area (Å²) in [4.78, 5) is 0. The van der Waals surface area contributed by atoms with Gasteiger partial charge in [-0.25, -0.2) is 8.78 Å². The Morgan fingerprint density at radius 2 is 1.88 bits per heavy atom. The average molecular weight is 239 g/mol. The van der Waals surface area contributed by atoms with E-state index >= 15 is 0 Å². The maximum atomic E-state index is 12.2. The highest BCUT2D eigenvalue weighted by Crippen LogP contribution is 2.17. The molecule has 1 aromatic rings. The number of benzene rings is 1. The highest BCUT2D eigenvalue weighted by atomic mass is 19.3. The number of hydrogen-bond donors (Lipinski definition) is 1. The first kappa shape index (κ1) is 12.5. The van der Waals surface area contributed by atoms with Gasteiger partial charge in [-0.2, -0.15) is 0 Å². The number of nitrogens with one attached hydrogen (secondary N) is 1. The highest BCUT2D eigenvalue weighted by Gasteiger charge is 2.13. The lowest BCUT2D eigenvalue weighted by molar-refractivity contribution is 0.149. The first-order valence-corrected chi connectivity index (χ1v) is 6.31. The summed E-state index contributed by atoms with van der Waals surface area (Å²) in [5, 5.41) is 3.39. The van der Waals surface area contributed by atoms with Crippen molar-refractivity contribution in [2.45, 2.75) is 32.1 Å². The molecule has 1 fully saturated rings. The lowest BCUT2D eigenvalue weighted by Gasteiger charge is -2.22. The van der Waals surface area contributed by atoms with Crippen LogP contribution in [0.25, 0.3) is 0 Å². The Bertz CT molecular complexity index is 329. The van der Waals surface area contributed by atoms with E-state index in [0.29, 0.717) is 5.92 Å². The van der Waals surface area contributed by atoms with Crippen molar-refractivity contribution in [3.05, 3.63) is 35.4 Å². The van der Waals surface area contributed by atoms with Gasteiger partial charge in [0.25, 0.3) is 0 Å². The Hall–Kier alpha value is -0.960. The van der Waals surface area contributed by atoms with E-state index < -0.39 is 6.43 Å². The van der Waals surface area contributed by atoms with Crippen LogP contribution in [0.5, 0.6) is 0 Å². The van der Waals surface area contributed by atoms with Gasteiger partial charge in [-0.15, -0.1) is 0 Å². The Kier molecular flexibility index (Phi) is 4.49. The molecule has 0 aliphatic carbocycles. The maximum Gasteiger partial charge on any atom is 0.242 e. The molecule has 0 amide bonds. The zero-order valence-electron chi connectivity index (χ0n) is 9.96. The molecular formula is C14H19F2N. The van der Waals surface area contributed by atoms with Crippen molar-refractivity contribution < 1.29 is 8.78 Å². The highest BCUT2D eigenvalue weighted by molar-refractivity contribution is 5.23.